The highest BCUT2D eigenvalue weighted by atomic mass is 16.7. The molecule has 6 heteroatoms. The maximum atomic E-state index is 5.95. The molecule has 1 atom stereocenters. The van der Waals surface area contributed by atoms with Crippen molar-refractivity contribution in [1.82, 2.24) is 15.3 Å². The molecule has 1 aliphatic rings. The molecule has 1 aromatic carbocycles. The van der Waals surface area contributed by atoms with Crippen LogP contribution in [-0.4, -0.2) is 42.4 Å². The first kappa shape index (κ1) is 16.5. The first-order chi connectivity index (χ1) is 11.8. The van der Waals surface area contributed by atoms with E-state index in [1.54, 1.807) is 12.4 Å². The lowest BCUT2D eigenvalue weighted by Gasteiger charge is -2.28. The van der Waals surface area contributed by atoms with Crippen LogP contribution in [0.2, 0.25) is 0 Å². The van der Waals surface area contributed by atoms with Gasteiger partial charge in [0.1, 0.15) is 5.75 Å². The number of aromatic nitrogens is 2. The van der Waals surface area contributed by atoms with E-state index in [0.29, 0.717) is 5.88 Å². The molecule has 1 fully saturated rings. The van der Waals surface area contributed by atoms with Crippen molar-refractivity contribution in [2.24, 2.45) is 0 Å². The molecule has 1 saturated heterocycles. The standard InChI is InChI=1S/C18H24N4O2/c1-2-6-18(23-15-7-4-3-5-8-15)24-17-14-20-13-16(21-17)22-11-9-19-10-12-22/h3-5,7-8,13-14,18-19H,2,6,9-12H2,1H3. The minimum Gasteiger partial charge on any atom is -0.455 e. The van der Waals surface area contributed by atoms with Gasteiger partial charge < -0.3 is 19.7 Å². The van der Waals surface area contributed by atoms with Crippen molar-refractivity contribution < 1.29 is 9.47 Å². The highest BCUT2D eigenvalue weighted by Crippen LogP contribution is 2.19. The van der Waals surface area contributed by atoms with Crippen LogP contribution < -0.4 is 19.7 Å². The summed E-state index contributed by atoms with van der Waals surface area (Å²) in [6.45, 7) is 5.88. The summed E-state index contributed by atoms with van der Waals surface area (Å²) in [5.41, 5.74) is 0. The molecule has 1 aliphatic heterocycles. The van der Waals surface area contributed by atoms with Gasteiger partial charge in [0.15, 0.2) is 5.82 Å². The fraction of sp³-hybridized carbons (Fsp3) is 0.444. The van der Waals surface area contributed by atoms with Crippen LogP contribution >= 0.6 is 0 Å². The number of ether oxygens (including phenoxy) is 2. The van der Waals surface area contributed by atoms with Gasteiger partial charge in [0.2, 0.25) is 12.2 Å². The van der Waals surface area contributed by atoms with Crippen LogP contribution in [0, 0.1) is 0 Å². The quantitative estimate of drug-likeness (QED) is 0.788. The summed E-state index contributed by atoms with van der Waals surface area (Å²) < 4.78 is 11.9. The molecular weight excluding hydrogens is 304 g/mol. The summed E-state index contributed by atoms with van der Waals surface area (Å²) in [5.74, 6) is 2.14. The Morgan fingerprint density at radius 1 is 1.12 bits per heavy atom. The molecule has 0 saturated carbocycles. The molecule has 0 bridgehead atoms. The third kappa shape index (κ3) is 4.58. The van der Waals surface area contributed by atoms with Crippen LogP contribution in [0.4, 0.5) is 5.82 Å². The average Bonchev–Trinajstić information content (AvgIpc) is 2.64. The van der Waals surface area contributed by atoms with E-state index in [9.17, 15) is 0 Å². The number of piperazine rings is 1. The Morgan fingerprint density at radius 2 is 1.92 bits per heavy atom. The van der Waals surface area contributed by atoms with Gasteiger partial charge in [-0.15, -0.1) is 0 Å². The molecule has 0 radical (unpaired) electrons. The summed E-state index contributed by atoms with van der Waals surface area (Å²) in [7, 11) is 0. The molecule has 2 aromatic rings. The molecule has 1 N–H and O–H groups in total. The van der Waals surface area contributed by atoms with E-state index in [4.69, 9.17) is 9.47 Å². The molecule has 0 spiro atoms. The largest absolute Gasteiger partial charge is 0.455 e. The summed E-state index contributed by atoms with van der Waals surface area (Å²) >= 11 is 0. The topological polar surface area (TPSA) is 59.5 Å². The fourth-order valence-electron chi connectivity index (χ4n) is 2.60. The zero-order valence-corrected chi connectivity index (χ0v) is 14.0. The molecular formula is C18H24N4O2. The van der Waals surface area contributed by atoms with Crippen molar-refractivity contribution in [1.29, 1.82) is 0 Å². The van der Waals surface area contributed by atoms with Crippen LogP contribution in [0.5, 0.6) is 11.6 Å². The number of rotatable bonds is 7. The molecule has 128 valence electrons. The van der Waals surface area contributed by atoms with Crippen LogP contribution in [0.3, 0.4) is 0 Å². The molecule has 1 unspecified atom stereocenters. The van der Waals surface area contributed by atoms with Gasteiger partial charge in [0, 0.05) is 32.6 Å². The first-order valence-electron chi connectivity index (χ1n) is 8.51. The van der Waals surface area contributed by atoms with Crippen molar-refractivity contribution in [3.05, 3.63) is 42.7 Å². The molecule has 0 aliphatic carbocycles. The maximum absolute atomic E-state index is 5.95. The Balaban J connectivity index is 1.67. The molecule has 24 heavy (non-hydrogen) atoms. The number of hydrogen-bond donors (Lipinski definition) is 1. The van der Waals surface area contributed by atoms with E-state index < -0.39 is 0 Å². The number of nitrogens with one attached hydrogen (secondary N) is 1. The van der Waals surface area contributed by atoms with Crippen molar-refractivity contribution in [2.75, 3.05) is 31.1 Å². The lowest BCUT2D eigenvalue weighted by atomic mass is 10.3. The monoisotopic (exact) mass is 328 g/mol. The van der Waals surface area contributed by atoms with E-state index in [-0.39, 0.29) is 6.29 Å². The smallest absolute Gasteiger partial charge is 0.243 e. The normalized spacial score (nSPS) is 15.8. The van der Waals surface area contributed by atoms with Gasteiger partial charge in [0.05, 0.1) is 12.4 Å². The molecule has 1 aromatic heterocycles. The Kier molecular flexibility index (Phi) is 5.85. The number of hydrogen-bond acceptors (Lipinski definition) is 6. The lowest BCUT2D eigenvalue weighted by molar-refractivity contribution is -0.00461. The maximum Gasteiger partial charge on any atom is 0.243 e. The molecule has 0 amide bonds. The minimum absolute atomic E-state index is 0.370. The second-order valence-electron chi connectivity index (χ2n) is 5.72. The third-order valence-electron chi connectivity index (χ3n) is 3.83. The zero-order chi connectivity index (χ0) is 16.6. The van der Waals surface area contributed by atoms with Gasteiger partial charge in [-0.25, -0.2) is 0 Å². The first-order valence-corrected chi connectivity index (χ1v) is 8.51. The Hall–Kier alpha value is -2.34. The Labute approximate surface area is 142 Å². The SMILES string of the molecule is CCCC(Oc1ccccc1)Oc1cncc(N2CCNCC2)n1. The van der Waals surface area contributed by atoms with Gasteiger partial charge in [-0.1, -0.05) is 25.1 Å². The van der Waals surface area contributed by atoms with Crippen LogP contribution in [-0.2, 0) is 0 Å². The molecule has 6 nitrogen and oxygen atoms in total. The zero-order valence-electron chi connectivity index (χ0n) is 14.0. The summed E-state index contributed by atoms with van der Waals surface area (Å²) in [4.78, 5) is 11.1. The van der Waals surface area contributed by atoms with Gasteiger partial charge in [-0.05, 0) is 18.6 Å². The summed E-state index contributed by atoms with van der Waals surface area (Å²) in [6.07, 6.45) is 4.80. The predicted molar refractivity (Wildman–Crippen MR) is 93.5 cm³/mol. The second kappa shape index (κ2) is 8.49. The fourth-order valence-corrected chi connectivity index (χ4v) is 2.60. The lowest BCUT2D eigenvalue weighted by Crippen LogP contribution is -2.44. The predicted octanol–water partition coefficient (Wildman–Crippen LogP) is 2.47. The van der Waals surface area contributed by atoms with Gasteiger partial charge in [-0.3, -0.25) is 4.98 Å². The van der Waals surface area contributed by atoms with Crippen molar-refractivity contribution in [3.8, 4) is 11.6 Å². The highest BCUT2D eigenvalue weighted by molar-refractivity contribution is 5.38. The number of nitrogens with zero attached hydrogens (tertiary/aromatic N) is 3. The Morgan fingerprint density at radius 3 is 2.67 bits per heavy atom. The summed E-state index contributed by atoms with van der Waals surface area (Å²) in [5, 5.41) is 3.33. The minimum atomic E-state index is -0.370. The average molecular weight is 328 g/mol. The van der Waals surface area contributed by atoms with Gasteiger partial charge in [0.25, 0.3) is 0 Å². The highest BCUT2D eigenvalue weighted by Gasteiger charge is 2.16. The van der Waals surface area contributed by atoms with E-state index in [2.05, 4.69) is 27.1 Å². The van der Waals surface area contributed by atoms with Crippen LogP contribution in [0.25, 0.3) is 0 Å². The van der Waals surface area contributed by atoms with E-state index in [1.807, 2.05) is 30.3 Å². The van der Waals surface area contributed by atoms with E-state index in [0.717, 1.165) is 50.6 Å². The van der Waals surface area contributed by atoms with Gasteiger partial charge in [-0.2, -0.15) is 4.98 Å². The third-order valence-corrected chi connectivity index (χ3v) is 3.83. The van der Waals surface area contributed by atoms with Crippen LogP contribution in [0.15, 0.2) is 42.7 Å². The van der Waals surface area contributed by atoms with Crippen molar-refractivity contribution in [3.63, 3.8) is 0 Å². The van der Waals surface area contributed by atoms with Crippen molar-refractivity contribution in [2.45, 2.75) is 26.1 Å². The Bertz CT molecular complexity index is 617. The second-order valence-corrected chi connectivity index (χ2v) is 5.72. The van der Waals surface area contributed by atoms with E-state index in [1.165, 1.54) is 0 Å². The number of para-hydroxylation sites is 1. The van der Waals surface area contributed by atoms with Gasteiger partial charge >= 0.3 is 0 Å². The van der Waals surface area contributed by atoms with Crippen LogP contribution in [0.1, 0.15) is 19.8 Å². The van der Waals surface area contributed by atoms with Crippen molar-refractivity contribution >= 4 is 5.82 Å². The molecule has 2 heterocycles. The summed E-state index contributed by atoms with van der Waals surface area (Å²) in [6, 6.07) is 9.71. The number of benzene rings is 1. The van der Waals surface area contributed by atoms with E-state index >= 15 is 0 Å². The molecule has 3 rings (SSSR count). The number of anilines is 1.